The maximum atomic E-state index is 13.2. The Morgan fingerprint density at radius 1 is 0.243 bits per heavy atom. The van der Waals surface area contributed by atoms with Gasteiger partial charge in [0.25, 0.3) is 0 Å². The third-order valence-electron chi connectivity index (χ3n) is 21.7. The molecule has 0 aliphatic carbocycles. The van der Waals surface area contributed by atoms with Crippen molar-refractivity contribution in [1.82, 2.24) is 0 Å². The van der Waals surface area contributed by atoms with Crippen molar-refractivity contribution in [3.8, 4) is 0 Å². The molecule has 5 atom stereocenters. The van der Waals surface area contributed by atoms with Crippen molar-refractivity contribution in [3.05, 3.63) is 0 Å². The lowest BCUT2D eigenvalue weighted by atomic mass is 10.0. The topological polar surface area (TPSA) is 237 Å². The van der Waals surface area contributed by atoms with Crippen LogP contribution >= 0.6 is 15.6 Å². The third-order valence-corrected chi connectivity index (χ3v) is 23.6. The van der Waals surface area contributed by atoms with E-state index in [1.807, 2.05) is 0 Å². The zero-order chi connectivity index (χ0) is 81.3. The van der Waals surface area contributed by atoms with Crippen LogP contribution < -0.4 is 0 Å². The summed E-state index contributed by atoms with van der Waals surface area (Å²) in [6.07, 6.45) is 77.9. The second-order valence-electron chi connectivity index (χ2n) is 34.0. The number of aliphatic hydroxyl groups is 1. The second-order valence-corrected chi connectivity index (χ2v) is 36.9. The molecular formula is C92H180O17P2. The summed E-state index contributed by atoms with van der Waals surface area (Å²) in [5, 5.41) is 10.7. The Morgan fingerprint density at radius 2 is 0.414 bits per heavy atom. The number of carbonyl (C=O) groups is 4. The van der Waals surface area contributed by atoms with Gasteiger partial charge in [0.15, 0.2) is 12.2 Å². The zero-order valence-electron chi connectivity index (χ0n) is 73.3. The van der Waals surface area contributed by atoms with Crippen molar-refractivity contribution in [2.24, 2.45) is 11.8 Å². The average molecular weight is 1620 g/mol. The van der Waals surface area contributed by atoms with Crippen molar-refractivity contribution in [1.29, 1.82) is 0 Å². The predicted octanol–water partition coefficient (Wildman–Crippen LogP) is 28.6. The number of esters is 4. The van der Waals surface area contributed by atoms with E-state index in [1.54, 1.807) is 0 Å². The van der Waals surface area contributed by atoms with Crippen LogP contribution in [0.5, 0.6) is 0 Å². The maximum absolute atomic E-state index is 13.2. The molecule has 0 heterocycles. The molecule has 0 aromatic carbocycles. The van der Waals surface area contributed by atoms with Crippen LogP contribution in [0.3, 0.4) is 0 Å². The molecule has 0 saturated carbocycles. The van der Waals surface area contributed by atoms with Gasteiger partial charge in [0.2, 0.25) is 0 Å². The molecule has 0 aliphatic rings. The van der Waals surface area contributed by atoms with Crippen LogP contribution in [0.25, 0.3) is 0 Å². The number of hydrogen-bond donors (Lipinski definition) is 3. The Morgan fingerprint density at radius 3 is 0.613 bits per heavy atom. The fraction of sp³-hybridized carbons (Fsp3) is 0.957. The number of rotatable bonds is 91. The smallest absolute Gasteiger partial charge is 0.462 e. The average Bonchev–Trinajstić information content (AvgIpc) is 0.907. The van der Waals surface area contributed by atoms with E-state index < -0.39 is 97.5 Å². The van der Waals surface area contributed by atoms with E-state index in [1.165, 1.54) is 315 Å². The molecule has 0 rings (SSSR count). The first kappa shape index (κ1) is 109. The van der Waals surface area contributed by atoms with Gasteiger partial charge in [-0.25, -0.2) is 9.13 Å². The molecule has 0 bridgehead atoms. The molecule has 660 valence electrons. The number of carbonyl (C=O) groups excluding carboxylic acids is 4. The summed E-state index contributed by atoms with van der Waals surface area (Å²) in [5.74, 6) is -0.549. The minimum absolute atomic E-state index is 0.108. The van der Waals surface area contributed by atoms with E-state index in [2.05, 4.69) is 41.5 Å². The van der Waals surface area contributed by atoms with Gasteiger partial charge in [0.05, 0.1) is 26.4 Å². The monoisotopic (exact) mass is 1620 g/mol. The van der Waals surface area contributed by atoms with Crippen molar-refractivity contribution < 1.29 is 80.2 Å². The number of phosphoric acid groups is 2. The van der Waals surface area contributed by atoms with Crippen molar-refractivity contribution in [2.75, 3.05) is 39.6 Å². The normalized spacial score (nSPS) is 13.7. The third kappa shape index (κ3) is 85.8. The van der Waals surface area contributed by atoms with Gasteiger partial charge in [0, 0.05) is 25.7 Å². The van der Waals surface area contributed by atoms with Gasteiger partial charge in [-0.1, -0.05) is 446 Å². The second kappa shape index (κ2) is 83.1. The molecule has 2 unspecified atom stereocenters. The van der Waals surface area contributed by atoms with Crippen LogP contribution in [0.15, 0.2) is 0 Å². The van der Waals surface area contributed by atoms with E-state index in [0.717, 1.165) is 102 Å². The van der Waals surface area contributed by atoms with Crippen LogP contribution in [0, 0.1) is 11.8 Å². The van der Waals surface area contributed by atoms with E-state index in [9.17, 15) is 43.2 Å². The number of ether oxygens (including phenoxy) is 4. The van der Waals surface area contributed by atoms with Crippen molar-refractivity contribution in [2.45, 2.75) is 516 Å². The molecule has 0 aromatic rings. The molecule has 0 fully saturated rings. The minimum Gasteiger partial charge on any atom is -0.462 e. The Balaban J connectivity index is 5.24. The van der Waals surface area contributed by atoms with E-state index in [4.69, 9.17) is 37.0 Å². The highest BCUT2D eigenvalue weighted by Gasteiger charge is 2.31. The lowest BCUT2D eigenvalue weighted by molar-refractivity contribution is -0.161. The molecule has 19 heteroatoms. The Kier molecular flexibility index (Phi) is 81.7. The first-order valence-electron chi connectivity index (χ1n) is 47.5. The predicted molar refractivity (Wildman–Crippen MR) is 460 cm³/mol. The summed E-state index contributed by atoms with van der Waals surface area (Å²) in [7, 11) is -9.94. The van der Waals surface area contributed by atoms with Crippen LogP contribution in [0.4, 0.5) is 0 Å². The number of phosphoric ester groups is 2. The van der Waals surface area contributed by atoms with Crippen LogP contribution in [-0.2, 0) is 65.4 Å². The summed E-state index contributed by atoms with van der Waals surface area (Å²) in [6.45, 7) is 9.72. The summed E-state index contributed by atoms with van der Waals surface area (Å²) in [5.41, 5.74) is 0. The van der Waals surface area contributed by atoms with Crippen molar-refractivity contribution >= 4 is 39.5 Å². The molecule has 0 amide bonds. The van der Waals surface area contributed by atoms with Crippen LogP contribution in [0.1, 0.15) is 497 Å². The lowest BCUT2D eigenvalue weighted by Gasteiger charge is -2.21. The van der Waals surface area contributed by atoms with E-state index in [-0.39, 0.29) is 25.7 Å². The van der Waals surface area contributed by atoms with E-state index >= 15 is 0 Å². The zero-order valence-corrected chi connectivity index (χ0v) is 75.1. The summed E-state index contributed by atoms with van der Waals surface area (Å²) >= 11 is 0. The first-order chi connectivity index (χ1) is 53.9. The summed E-state index contributed by atoms with van der Waals surface area (Å²) < 4.78 is 69.1. The van der Waals surface area contributed by atoms with Gasteiger partial charge in [-0.3, -0.25) is 37.3 Å². The fourth-order valence-corrected chi connectivity index (χ4v) is 16.1. The van der Waals surface area contributed by atoms with Gasteiger partial charge in [-0.15, -0.1) is 0 Å². The maximum Gasteiger partial charge on any atom is 0.472 e. The van der Waals surface area contributed by atoms with Gasteiger partial charge in [0.1, 0.15) is 19.3 Å². The molecule has 0 radical (unpaired) electrons. The number of aliphatic hydroxyl groups excluding tert-OH is 1. The quantitative estimate of drug-likeness (QED) is 0.0222. The number of unbranched alkanes of at least 4 members (excludes halogenated alkanes) is 61. The van der Waals surface area contributed by atoms with E-state index in [0.29, 0.717) is 25.7 Å². The molecule has 0 aromatic heterocycles. The summed E-state index contributed by atoms with van der Waals surface area (Å²) in [6, 6.07) is 0. The highest BCUT2D eigenvalue weighted by molar-refractivity contribution is 7.47. The van der Waals surface area contributed by atoms with Gasteiger partial charge >= 0.3 is 39.5 Å². The standard InChI is InChI=1S/C92H180O17P2/c1-7-9-11-13-15-17-19-21-23-25-27-28-29-31-33-37-41-45-51-58-64-70-76-91(96)108-87(80-102-89(94)74-68-62-56-50-44-40-36-32-30-26-24-22-20-18-16-14-12-10-8-2)82-106-110(98,99)104-78-86(93)79-105-111(100,101)107-83-88(81-103-90(95)75-69-63-57-53-47-49-55-61-67-73-85(5)6)109-92(97)77-71-65-59-52-46-42-38-34-35-39-43-48-54-60-66-72-84(3)4/h84-88,93H,7-83H2,1-6H3,(H,98,99)(H,100,101)/t86-,87-,88-/m1/s1. The summed E-state index contributed by atoms with van der Waals surface area (Å²) in [4.78, 5) is 73.5. The van der Waals surface area contributed by atoms with Crippen LogP contribution in [-0.4, -0.2) is 96.7 Å². The SMILES string of the molecule is CCCCCCCCCCCCCCCCCCCCCCCCC(=O)O[C@H](COC(=O)CCCCCCCCCCCCCCCCCCCCC)COP(=O)(O)OC[C@@H](O)COP(=O)(O)OC[C@@H](COC(=O)CCCCCCCCCCCC(C)C)OC(=O)CCCCCCCCCCCCCCCCCC(C)C. The largest absolute Gasteiger partial charge is 0.472 e. The molecule has 0 saturated heterocycles. The van der Waals surface area contributed by atoms with Gasteiger partial charge in [-0.2, -0.15) is 0 Å². The minimum atomic E-state index is -4.97. The Bertz CT molecular complexity index is 2120. The molecule has 0 aliphatic heterocycles. The highest BCUT2D eigenvalue weighted by atomic mass is 31.2. The molecular weight excluding hydrogens is 1440 g/mol. The van der Waals surface area contributed by atoms with Gasteiger partial charge < -0.3 is 33.8 Å². The first-order valence-corrected chi connectivity index (χ1v) is 50.5. The highest BCUT2D eigenvalue weighted by Crippen LogP contribution is 2.45. The van der Waals surface area contributed by atoms with Gasteiger partial charge in [-0.05, 0) is 37.5 Å². The van der Waals surface area contributed by atoms with Crippen molar-refractivity contribution in [3.63, 3.8) is 0 Å². The van der Waals surface area contributed by atoms with Crippen LogP contribution in [0.2, 0.25) is 0 Å². The molecule has 111 heavy (non-hydrogen) atoms. The molecule has 0 spiro atoms. The Labute approximate surface area is 683 Å². The fourth-order valence-electron chi connectivity index (χ4n) is 14.5. The Hall–Kier alpha value is -1.94. The lowest BCUT2D eigenvalue weighted by Crippen LogP contribution is -2.30. The molecule has 3 N–H and O–H groups in total. The molecule has 17 nitrogen and oxygen atoms in total. The number of hydrogen-bond acceptors (Lipinski definition) is 15.